The van der Waals surface area contributed by atoms with Crippen LogP contribution in [0.4, 0.5) is 0 Å². The predicted octanol–water partition coefficient (Wildman–Crippen LogP) is 1.17. The van der Waals surface area contributed by atoms with Gasteiger partial charge >= 0.3 is 5.97 Å². The summed E-state index contributed by atoms with van der Waals surface area (Å²) in [6, 6.07) is 0. The molecule has 0 radical (unpaired) electrons. The van der Waals surface area contributed by atoms with Crippen LogP contribution in [0.1, 0.15) is 26.7 Å². The first kappa shape index (κ1) is 16.7. The number of allylic oxidation sites excluding steroid dienone is 2. The predicted molar refractivity (Wildman–Crippen MR) is 73.0 cm³/mol. The molecule has 1 amide bonds. The first-order valence-electron chi connectivity index (χ1n) is 6.98. The molecule has 0 aromatic carbocycles. The molecule has 2 atom stereocenters. The topological polar surface area (TPSA) is 84.9 Å². The van der Waals surface area contributed by atoms with Crippen LogP contribution in [0.2, 0.25) is 0 Å². The summed E-state index contributed by atoms with van der Waals surface area (Å²) in [5.41, 5.74) is 0. The molecule has 114 valence electrons. The number of ether oxygens (including phenoxy) is 2. The Morgan fingerprint density at radius 2 is 1.75 bits per heavy atom. The van der Waals surface area contributed by atoms with Crippen LogP contribution in [0.25, 0.3) is 0 Å². The van der Waals surface area contributed by atoms with E-state index in [-0.39, 0.29) is 12.5 Å². The van der Waals surface area contributed by atoms with Gasteiger partial charge in [-0.1, -0.05) is 12.2 Å². The van der Waals surface area contributed by atoms with E-state index in [1.54, 1.807) is 0 Å². The molecule has 0 aliphatic heterocycles. The minimum absolute atomic E-state index is 0.229. The minimum atomic E-state index is -0.930. The Morgan fingerprint density at radius 1 is 1.20 bits per heavy atom. The monoisotopic (exact) mass is 285 g/mol. The number of hydrogen-bond donors (Lipinski definition) is 2. The lowest BCUT2D eigenvalue weighted by Crippen LogP contribution is -2.42. The third-order valence-corrected chi connectivity index (χ3v) is 3.23. The van der Waals surface area contributed by atoms with Crippen LogP contribution in [0, 0.1) is 11.8 Å². The molecular weight excluding hydrogens is 262 g/mol. The van der Waals surface area contributed by atoms with Crippen LogP contribution in [0.3, 0.4) is 0 Å². The summed E-state index contributed by atoms with van der Waals surface area (Å²) in [4.78, 5) is 23.3. The second kappa shape index (κ2) is 8.71. The molecule has 0 spiro atoms. The van der Waals surface area contributed by atoms with Crippen molar-refractivity contribution in [2.24, 2.45) is 11.8 Å². The largest absolute Gasteiger partial charge is 0.481 e. The number of hydrogen-bond acceptors (Lipinski definition) is 4. The van der Waals surface area contributed by atoms with Gasteiger partial charge in [-0.3, -0.25) is 9.59 Å². The highest BCUT2D eigenvalue weighted by Crippen LogP contribution is 2.25. The standard InChI is InChI=1S/C14H23NO5/c1-3-19-12(20-4-2)9-15-13(16)10-7-5-6-8-11(10)14(17)18/h5-6,10-12H,3-4,7-9H2,1-2H3,(H,15,16)(H,17,18)/t10-,11+/m1/s1. The zero-order valence-electron chi connectivity index (χ0n) is 12.0. The van der Waals surface area contributed by atoms with Crippen molar-refractivity contribution in [3.63, 3.8) is 0 Å². The van der Waals surface area contributed by atoms with Gasteiger partial charge in [-0.05, 0) is 26.7 Å². The van der Waals surface area contributed by atoms with Crippen LogP contribution in [0.15, 0.2) is 12.2 Å². The number of rotatable bonds is 8. The molecule has 0 saturated heterocycles. The summed E-state index contributed by atoms with van der Waals surface area (Å²) in [7, 11) is 0. The zero-order chi connectivity index (χ0) is 15.0. The van der Waals surface area contributed by atoms with Gasteiger partial charge < -0.3 is 19.9 Å². The zero-order valence-corrected chi connectivity index (χ0v) is 12.0. The second-order valence-electron chi connectivity index (χ2n) is 4.58. The average Bonchev–Trinajstić information content (AvgIpc) is 2.45. The van der Waals surface area contributed by atoms with E-state index >= 15 is 0 Å². The molecule has 1 rings (SSSR count). The van der Waals surface area contributed by atoms with Crippen molar-refractivity contribution in [3.05, 3.63) is 12.2 Å². The van der Waals surface area contributed by atoms with Gasteiger partial charge in [0.15, 0.2) is 6.29 Å². The summed E-state index contributed by atoms with van der Waals surface area (Å²) in [6.45, 7) is 4.91. The Kier molecular flexibility index (Phi) is 7.25. The maximum absolute atomic E-state index is 12.1. The number of carboxylic acids is 1. The first-order chi connectivity index (χ1) is 9.60. The summed E-state index contributed by atoms with van der Waals surface area (Å²) >= 11 is 0. The highest BCUT2D eigenvalue weighted by molar-refractivity contribution is 5.85. The van der Waals surface area contributed by atoms with E-state index in [2.05, 4.69) is 5.32 Å². The van der Waals surface area contributed by atoms with Crippen molar-refractivity contribution in [2.75, 3.05) is 19.8 Å². The average molecular weight is 285 g/mol. The van der Waals surface area contributed by atoms with Crippen molar-refractivity contribution >= 4 is 11.9 Å². The van der Waals surface area contributed by atoms with Crippen molar-refractivity contribution in [1.82, 2.24) is 5.32 Å². The molecule has 1 aliphatic rings. The van der Waals surface area contributed by atoms with E-state index in [9.17, 15) is 9.59 Å². The maximum atomic E-state index is 12.1. The number of nitrogens with one attached hydrogen (secondary N) is 1. The van der Waals surface area contributed by atoms with Gasteiger partial charge in [-0.15, -0.1) is 0 Å². The molecule has 0 aromatic rings. The molecular formula is C14H23NO5. The molecule has 0 aromatic heterocycles. The molecule has 0 fully saturated rings. The smallest absolute Gasteiger partial charge is 0.307 e. The lowest BCUT2D eigenvalue weighted by Gasteiger charge is -2.25. The summed E-state index contributed by atoms with van der Waals surface area (Å²) in [5.74, 6) is -2.37. The molecule has 1 aliphatic carbocycles. The molecule has 0 unspecified atom stereocenters. The van der Waals surface area contributed by atoms with E-state index in [4.69, 9.17) is 14.6 Å². The number of carbonyl (C=O) groups is 2. The van der Waals surface area contributed by atoms with E-state index in [0.29, 0.717) is 26.1 Å². The fourth-order valence-electron chi connectivity index (χ4n) is 2.23. The van der Waals surface area contributed by atoms with Crippen LogP contribution in [-0.4, -0.2) is 43.0 Å². The minimum Gasteiger partial charge on any atom is -0.481 e. The van der Waals surface area contributed by atoms with E-state index in [0.717, 1.165) is 0 Å². The molecule has 6 nitrogen and oxygen atoms in total. The quantitative estimate of drug-likeness (QED) is 0.516. The third-order valence-electron chi connectivity index (χ3n) is 3.23. The Labute approximate surface area is 119 Å². The molecule has 20 heavy (non-hydrogen) atoms. The first-order valence-corrected chi connectivity index (χ1v) is 6.98. The van der Waals surface area contributed by atoms with E-state index < -0.39 is 24.1 Å². The fourth-order valence-corrected chi connectivity index (χ4v) is 2.23. The Hall–Kier alpha value is -1.40. The van der Waals surface area contributed by atoms with E-state index in [1.165, 1.54) is 0 Å². The van der Waals surface area contributed by atoms with Crippen LogP contribution >= 0.6 is 0 Å². The van der Waals surface area contributed by atoms with Crippen LogP contribution in [-0.2, 0) is 19.1 Å². The lowest BCUT2D eigenvalue weighted by atomic mass is 9.82. The molecule has 0 heterocycles. The Bertz CT molecular complexity index is 349. The summed E-state index contributed by atoms with van der Waals surface area (Å²) in [5, 5.41) is 11.9. The highest BCUT2D eigenvalue weighted by atomic mass is 16.7. The molecule has 6 heteroatoms. The van der Waals surface area contributed by atoms with Crippen LogP contribution in [0.5, 0.6) is 0 Å². The number of aliphatic carboxylic acids is 1. The maximum Gasteiger partial charge on any atom is 0.307 e. The van der Waals surface area contributed by atoms with Gasteiger partial charge in [0.25, 0.3) is 0 Å². The summed E-state index contributed by atoms with van der Waals surface area (Å²) in [6.07, 6.45) is 4.03. The van der Waals surface area contributed by atoms with Gasteiger partial charge in [-0.25, -0.2) is 0 Å². The Morgan fingerprint density at radius 3 is 2.25 bits per heavy atom. The fraction of sp³-hybridized carbons (Fsp3) is 0.714. The second-order valence-corrected chi connectivity index (χ2v) is 4.58. The molecule has 0 saturated carbocycles. The van der Waals surface area contributed by atoms with Gasteiger partial charge in [0.05, 0.1) is 18.4 Å². The number of amides is 1. The van der Waals surface area contributed by atoms with Crippen molar-refractivity contribution in [1.29, 1.82) is 0 Å². The van der Waals surface area contributed by atoms with Gasteiger partial charge in [0.1, 0.15) is 0 Å². The van der Waals surface area contributed by atoms with Gasteiger partial charge in [-0.2, -0.15) is 0 Å². The lowest BCUT2D eigenvalue weighted by molar-refractivity contribution is -0.150. The van der Waals surface area contributed by atoms with Crippen molar-refractivity contribution < 1.29 is 24.2 Å². The van der Waals surface area contributed by atoms with E-state index in [1.807, 2.05) is 26.0 Å². The molecule has 0 bridgehead atoms. The molecule has 2 N–H and O–H groups in total. The van der Waals surface area contributed by atoms with Gasteiger partial charge in [0, 0.05) is 13.2 Å². The number of carbonyl (C=O) groups excluding carboxylic acids is 1. The number of carboxylic acid groups (broad SMARTS) is 1. The normalized spacial score (nSPS) is 21.9. The SMILES string of the molecule is CCOC(CNC(=O)[C@@H]1CC=CC[C@@H]1C(=O)O)OCC. The Balaban J connectivity index is 2.51. The third kappa shape index (κ3) is 4.94. The van der Waals surface area contributed by atoms with Crippen molar-refractivity contribution in [3.8, 4) is 0 Å². The highest BCUT2D eigenvalue weighted by Gasteiger charge is 2.34. The van der Waals surface area contributed by atoms with Crippen LogP contribution < -0.4 is 5.32 Å². The van der Waals surface area contributed by atoms with Gasteiger partial charge in [0.2, 0.25) is 5.91 Å². The summed E-state index contributed by atoms with van der Waals surface area (Å²) < 4.78 is 10.7. The van der Waals surface area contributed by atoms with Crippen molar-refractivity contribution in [2.45, 2.75) is 33.0 Å².